The third kappa shape index (κ3) is 3.66. The number of carbonyl (C=O) groups excluding carboxylic acids is 1. The Bertz CT molecular complexity index is 549. The van der Waals surface area contributed by atoms with E-state index in [9.17, 15) is 4.79 Å². The van der Waals surface area contributed by atoms with Gasteiger partial charge in [-0.1, -0.05) is 6.07 Å². The van der Waals surface area contributed by atoms with Gasteiger partial charge in [-0.2, -0.15) is 5.10 Å². The van der Waals surface area contributed by atoms with Crippen molar-refractivity contribution in [2.45, 2.75) is 20.0 Å². The van der Waals surface area contributed by atoms with Gasteiger partial charge < -0.3 is 11.1 Å². The van der Waals surface area contributed by atoms with Gasteiger partial charge in [-0.15, -0.1) is 0 Å². The summed E-state index contributed by atoms with van der Waals surface area (Å²) in [6, 6.07) is 7.44. The number of benzene rings is 1. The molecule has 0 fully saturated rings. The van der Waals surface area contributed by atoms with Gasteiger partial charge in [0, 0.05) is 31.0 Å². The largest absolute Gasteiger partial charge is 0.366 e. The molecule has 3 N–H and O–H groups in total. The summed E-state index contributed by atoms with van der Waals surface area (Å²) >= 11 is 0. The van der Waals surface area contributed by atoms with Gasteiger partial charge >= 0.3 is 0 Å². The number of aromatic nitrogens is 2. The van der Waals surface area contributed by atoms with Crippen LogP contribution in [0.2, 0.25) is 0 Å². The van der Waals surface area contributed by atoms with Crippen molar-refractivity contribution in [1.29, 1.82) is 0 Å². The zero-order chi connectivity index (χ0) is 13.7. The predicted molar refractivity (Wildman–Crippen MR) is 73.6 cm³/mol. The van der Waals surface area contributed by atoms with Crippen molar-refractivity contribution in [2.75, 3.05) is 6.54 Å². The number of nitrogens with one attached hydrogen (secondary N) is 1. The summed E-state index contributed by atoms with van der Waals surface area (Å²) in [5, 5.41) is 7.49. The van der Waals surface area contributed by atoms with Crippen molar-refractivity contribution in [2.24, 2.45) is 5.73 Å². The van der Waals surface area contributed by atoms with E-state index in [1.807, 2.05) is 36.0 Å². The minimum atomic E-state index is -0.388. The van der Waals surface area contributed by atoms with Crippen LogP contribution in [0.15, 0.2) is 36.7 Å². The molecule has 0 spiro atoms. The molecular weight excluding hydrogens is 240 g/mol. The summed E-state index contributed by atoms with van der Waals surface area (Å²) in [5.41, 5.74) is 8.04. The summed E-state index contributed by atoms with van der Waals surface area (Å²) in [7, 11) is 0. The molecule has 5 nitrogen and oxygen atoms in total. The molecule has 1 amide bonds. The molecule has 0 saturated heterocycles. The van der Waals surface area contributed by atoms with Crippen LogP contribution in [0.4, 0.5) is 0 Å². The van der Waals surface area contributed by atoms with Crippen molar-refractivity contribution in [3.05, 3.63) is 53.3 Å². The Morgan fingerprint density at radius 1 is 1.47 bits per heavy atom. The van der Waals surface area contributed by atoms with E-state index in [-0.39, 0.29) is 5.91 Å². The Morgan fingerprint density at radius 2 is 2.32 bits per heavy atom. The van der Waals surface area contributed by atoms with Crippen LogP contribution in [0.25, 0.3) is 0 Å². The van der Waals surface area contributed by atoms with E-state index < -0.39 is 0 Å². The van der Waals surface area contributed by atoms with Crippen LogP contribution in [0.1, 0.15) is 21.5 Å². The number of rotatable bonds is 6. The van der Waals surface area contributed by atoms with Crippen molar-refractivity contribution >= 4 is 5.91 Å². The van der Waals surface area contributed by atoms with Crippen molar-refractivity contribution in [1.82, 2.24) is 15.1 Å². The van der Waals surface area contributed by atoms with E-state index >= 15 is 0 Å². The molecule has 0 saturated carbocycles. The zero-order valence-electron chi connectivity index (χ0n) is 11.0. The Hall–Kier alpha value is -2.14. The Labute approximate surface area is 112 Å². The maximum Gasteiger partial charge on any atom is 0.248 e. The van der Waals surface area contributed by atoms with Crippen LogP contribution in [-0.4, -0.2) is 22.2 Å². The maximum absolute atomic E-state index is 11.1. The van der Waals surface area contributed by atoms with E-state index in [1.54, 1.807) is 12.3 Å². The fourth-order valence-corrected chi connectivity index (χ4v) is 1.90. The smallest absolute Gasteiger partial charge is 0.248 e. The summed E-state index contributed by atoms with van der Waals surface area (Å²) in [6.45, 7) is 4.44. The lowest BCUT2D eigenvalue weighted by atomic mass is 10.0. The third-order valence-electron chi connectivity index (χ3n) is 3.02. The first-order valence-electron chi connectivity index (χ1n) is 6.24. The van der Waals surface area contributed by atoms with Crippen LogP contribution in [0.3, 0.4) is 0 Å². The van der Waals surface area contributed by atoms with E-state index in [1.165, 1.54) is 5.56 Å². The van der Waals surface area contributed by atoms with Crippen LogP contribution < -0.4 is 11.1 Å². The highest BCUT2D eigenvalue weighted by atomic mass is 16.1. The second kappa shape index (κ2) is 6.15. The predicted octanol–water partition coefficient (Wildman–Crippen LogP) is 1.08. The van der Waals surface area contributed by atoms with Crippen LogP contribution >= 0.6 is 0 Å². The lowest BCUT2D eigenvalue weighted by Crippen LogP contribution is -2.20. The number of primary amides is 1. The number of hydrogen-bond donors (Lipinski definition) is 2. The quantitative estimate of drug-likeness (QED) is 0.761. The van der Waals surface area contributed by atoms with Gasteiger partial charge in [0.1, 0.15) is 0 Å². The number of aryl methyl sites for hydroxylation is 1. The number of nitrogens with zero attached hydrogens (tertiary/aromatic N) is 2. The van der Waals surface area contributed by atoms with Gasteiger partial charge in [0.2, 0.25) is 5.91 Å². The molecule has 0 aliphatic rings. The molecule has 0 bridgehead atoms. The minimum Gasteiger partial charge on any atom is -0.366 e. The molecule has 1 aromatic carbocycles. The summed E-state index contributed by atoms with van der Waals surface area (Å²) in [6.07, 6.45) is 3.71. The van der Waals surface area contributed by atoms with E-state index in [0.29, 0.717) is 5.56 Å². The van der Waals surface area contributed by atoms with Gasteiger partial charge in [0.05, 0.1) is 6.54 Å². The summed E-state index contributed by atoms with van der Waals surface area (Å²) < 4.78 is 1.88. The van der Waals surface area contributed by atoms with E-state index in [2.05, 4.69) is 10.4 Å². The number of nitrogens with two attached hydrogens (primary N) is 1. The van der Waals surface area contributed by atoms with Crippen molar-refractivity contribution in [3.8, 4) is 0 Å². The van der Waals surface area contributed by atoms with Gasteiger partial charge in [0.25, 0.3) is 0 Å². The molecule has 2 aromatic rings. The third-order valence-corrected chi connectivity index (χ3v) is 3.02. The molecule has 0 atom stereocenters. The summed E-state index contributed by atoms with van der Waals surface area (Å²) in [4.78, 5) is 11.1. The van der Waals surface area contributed by atoms with Gasteiger partial charge in [-0.05, 0) is 36.2 Å². The summed E-state index contributed by atoms with van der Waals surface area (Å²) in [5.74, 6) is -0.388. The Kier molecular flexibility index (Phi) is 4.30. The SMILES string of the molecule is Cc1cc(C(N)=O)ccc1CNCCn1cccn1. The normalized spacial score (nSPS) is 10.6. The standard InChI is InChI=1S/C14H18N4O/c1-11-9-12(14(15)19)3-4-13(11)10-16-6-8-18-7-2-5-17-18/h2-5,7,9,16H,6,8,10H2,1H3,(H2,15,19). The monoisotopic (exact) mass is 258 g/mol. The molecule has 0 aliphatic carbocycles. The number of carbonyl (C=O) groups is 1. The average molecular weight is 258 g/mol. The Balaban J connectivity index is 1.84. The fraction of sp³-hybridized carbons (Fsp3) is 0.286. The molecular formula is C14H18N4O. The van der Waals surface area contributed by atoms with Crippen LogP contribution in [0.5, 0.6) is 0 Å². The second-order valence-electron chi connectivity index (χ2n) is 4.45. The second-order valence-corrected chi connectivity index (χ2v) is 4.45. The molecule has 100 valence electrons. The number of amides is 1. The highest BCUT2D eigenvalue weighted by Gasteiger charge is 2.03. The number of hydrogen-bond acceptors (Lipinski definition) is 3. The molecule has 2 rings (SSSR count). The molecule has 1 heterocycles. The first-order valence-corrected chi connectivity index (χ1v) is 6.24. The van der Waals surface area contributed by atoms with E-state index in [0.717, 1.165) is 25.2 Å². The van der Waals surface area contributed by atoms with Crippen LogP contribution in [-0.2, 0) is 13.1 Å². The first-order chi connectivity index (χ1) is 9.16. The van der Waals surface area contributed by atoms with Gasteiger partial charge in [0.15, 0.2) is 0 Å². The molecule has 0 aliphatic heterocycles. The first kappa shape index (κ1) is 13.3. The van der Waals surface area contributed by atoms with Crippen molar-refractivity contribution < 1.29 is 4.79 Å². The highest BCUT2D eigenvalue weighted by Crippen LogP contribution is 2.10. The highest BCUT2D eigenvalue weighted by molar-refractivity contribution is 5.93. The molecule has 1 aromatic heterocycles. The van der Waals surface area contributed by atoms with Gasteiger partial charge in [-0.3, -0.25) is 9.48 Å². The topological polar surface area (TPSA) is 72.9 Å². The molecule has 0 unspecified atom stereocenters. The lowest BCUT2D eigenvalue weighted by Gasteiger charge is -2.09. The minimum absolute atomic E-state index is 0.388. The van der Waals surface area contributed by atoms with Crippen molar-refractivity contribution in [3.63, 3.8) is 0 Å². The van der Waals surface area contributed by atoms with Gasteiger partial charge in [-0.25, -0.2) is 0 Å². The molecule has 0 radical (unpaired) electrons. The van der Waals surface area contributed by atoms with Crippen LogP contribution in [0, 0.1) is 6.92 Å². The van der Waals surface area contributed by atoms with E-state index in [4.69, 9.17) is 5.73 Å². The molecule has 19 heavy (non-hydrogen) atoms. The lowest BCUT2D eigenvalue weighted by molar-refractivity contribution is 0.1000. The zero-order valence-corrected chi connectivity index (χ0v) is 11.0. The fourth-order valence-electron chi connectivity index (χ4n) is 1.90. The maximum atomic E-state index is 11.1. The molecule has 5 heteroatoms. The average Bonchev–Trinajstić information content (AvgIpc) is 2.89. The Morgan fingerprint density at radius 3 is 2.95 bits per heavy atom.